The first kappa shape index (κ1) is 14.0. The lowest BCUT2D eigenvalue weighted by atomic mass is 10.0. The van der Waals surface area contributed by atoms with Gasteiger partial charge in [0.25, 0.3) is 0 Å². The van der Waals surface area contributed by atoms with Crippen LogP contribution in [-0.2, 0) is 0 Å². The zero-order valence-electron chi connectivity index (χ0n) is 11.7. The van der Waals surface area contributed by atoms with Crippen LogP contribution in [-0.4, -0.2) is 12.6 Å². The van der Waals surface area contributed by atoms with Crippen molar-refractivity contribution in [2.75, 3.05) is 6.54 Å². The van der Waals surface area contributed by atoms with E-state index in [2.05, 4.69) is 52.8 Å². The second-order valence-corrected chi connectivity index (χ2v) is 5.32. The van der Waals surface area contributed by atoms with Gasteiger partial charge in [-0.3, -0.25) is 0 Å². The molecule has 0 aromatic heterocycles. The van der Waals surface area contributed by atoms with Crippen molar-refractivity contribution < 1.29 is 4.74 Å². The van der Waals surface area contributed by atoms with E-state index in [1.165, 1.54) is 11.1 Å². The van der Waals surface area contributed by atoms with Crippen LogP contribution in [0.3, 0.4) is 0 Å². The second-order valence-electron chi connectivity index (χ2n) is 5.32. The first-order chi connectivity index (χ1) is 7.95. The molecule has 0 radical (unpaired) electrons. The van der Waals surface area contributed by atoms with Crippen LogP contribution in [0.2, 0.25) is 0 Å². The van der Waals surface area contributed by atoms with Gasteiger partial charge in [-0.25, -0.2) is 0 Å². The lowest BCUT2D eigenvalue weighted by molar-refractivity contribution is 0.158. The van der Waals surface area contributed by atoms with Crippen LogP contribution in [0.1, 0.15) is 44.7 Å². The monoisotopic (exact) mass is 235 g/mol. The van der Waals surface area contributed by atoms with Crippen molar-refractivity contribution in [3.8, 4) is 5.75 Å². The number of hydrogen-bond donors (Lipinski definition) is 1. The van der Waals surface area contributed by atoms with Gasteiger partial charge in [0.15, 0.2) is 0 Å². The Morgan fingerprint density at radius 1 is 1.18 bits per heavy atom. The van der Waals surface area contributed by atoms with Crippen LogP contribution in [0.4, 0.5) is 0 Å². The molecule has 0 aliphatic heterocycles. The van der Waals surface area contributed by atoms with Gasteiger partial charge < -0.3 is 10.5 Å². The van der Waals surface area contributed by atoms with Crippen molar-refractivity contribution in [3.05, 3.63) is 29.3 Å². The van der Waals surface area contributed by atoms with Crippen LogP contribution < -0.4 is 10.5 Å². The van der Waals surface area contributed by atoms with Crippen molar-refractivity contribution in [3.63, 3.8) is 0 Å². The van der Waals surface area contributed by atoms with E-state index in [0.717, 1.165) is 5.75 Å². The Bertz CT molecular complexity index is 358. The van der Waals surface area contributed by atoms with Gasteiger partial charge in [0.05, 0.1) is 0 Å². The predicted molar refractivity (Wildman–Crippen MR) is 73.6 cm³/mol. The summed E-state index contributed by atoms with van der Waals surface area (Å²) in [5, 5.41) is 0. The Balaban J connectivity index is 2.92. The molecule has 17 heavy (non-hydrogen) atoms. The Kier molecular flexibility index (Phi) is 5.01. The molecule has 0 aliphatic carbocycles. The van der Waals surface area contributed by atoms with Crippen LogP contribution in [0.25, 0.3) is 0 Å². The molecule has 0 fully saturated rings. The molecule has 96 valence electrons. The molecule has 0 spiro atoms. The molecular weight excluding hydrogens is 210 g/mol. The van der Waals surface area contributed by atoms with Crippen molar-refractivity contribution in [2.24, 2.45) is 11.7 Å². The van der Waals surface area contributed by atoms with Crippen LogP contribution >= 0.6 is 0 Å². The van der Waals surface area contributed by atoms with Gasteiger partial charge in [0, 0.05) is 6.54 Å². The number of ether oxygens (including phenoxy) is 1. The summed E-state index contributed by atoms with van der Waals surface area (Å²) in [6, 6.07) is 6.43. The van der Waals surface area contributed by atoms with Crippen LogP contribution in [0.15, 0.2) is 18.2 Å². The number of hydrogen-bond acceptors (Lipinski definition) is 2. The minimum atomic E-state index is 0.0936. The first-order valence-electron chi connectivity index (χ1n) is 6.43. The highest BCUT2D eigenvalue weighted by Crippen LogP contribution is 2.26. The standard InChI is InChI=1S/C15H25NO/c1-10(2)13-7-6-12(5)14(8-13)17-15(9-16)11(3)4/h6-8,10-11,15H,9,16H2,1-5H3. The zero-order chi connectivity index (χ0) is 13.0. The molecule has 0 bridgehead atoms. The molecule has 0 saturated carbocycles. The Labute approximate surface area is 105 Å². The fourth-order valence-corrected chi connectivity index (χ4v) is 1.72. The highest BCUT2D eigenvalue weighted by molar-refractivity contribution is 5.38. The van der Waals surface area contributed by atoms with Crippen LogP contribution in [0, 0.1) is 12.8 Å². The van der Waals surface area contributed by atoms with E-state index in [4.69, 9.17) is 10.5 Å². The van der Waals surface area contributed by atoms with Gasteiger partial charge >= 0.3 is 0 Å². The van der Waals surface area contributed by atoms with E-state index in [-0.39, 0.29) is 6.10 Å². The smallest absolute Gasteiger partial charge is 0.122 e. The van der Waals surface area contributed by atoms with Crippen molar-refractivity contribution in [1.29, 1.82) is 0 Å². The second kappa shape index (κ2) is 6.06. The summed E-state index contributed by atoms with van der Waals surface area (Å²) in [5.74, 6) is 1.93. The van der Waals surface area contributed by atoms with E-state index in [1.807, 2.05) is 0 Å². The summed E-state index contributed by atoms with van der Waals surface area (Å²) in [4.78, 5) is 0. The number of rotatable bonds is 5. The highest BCUT2D eigenvalue weighted by Gasteiger charge is 2.14. The summed E-state index contributed by atoms with van der Waals surface area (Å²) in [6.45, 7) is 11.3. The Hall–Kier alpha value is -1.02. The van der Waals surface area contributed by atoms with Crippen molar-refractivity contribution >= 4 is 0 Å². The van der Waals surface area contributed by atoms with Gasteiger partial charge in [-0.2, -0.15) is 0 Å². The summed E-state index contributed by atoms with van der Waals surface area (Å²) in [5.41, 5.74) is 8.23. The quantitative estimate of drug-likeness (QED) is 0.848. The fourth-order valence-electron chi connectivity index (χ4n) is 1.72. The Morgan fingerprint density at radius 2 is 1.82 bits per heavy atom. The topological polar surface area (TPSA) is 35.2 Å². The number of nitrogens with two attached hydrogens (primary N) is 1. The van der Waals surface area contributed by atoms with Gasteiger partial charge in [0.2, 0.25) is 0 Å². The van der Waals surface area contributed by atoms with Crippen LogP contribution in [0.5, 0.6) is 5.75 Å². The van der Waals surface area contributed by atoms with Gasteiger partial charge in [0.1, 0.15) is 11.9 Å². The Morgan fingerprint density at radius 3 is 2.29 bits per heavy atom. The van der Waals surface area contributed by atoms with Crippen molar-refractivity contribution in [1.82, 2.24) is 0 Å². The first-order valence-corrected chi connectivity index (χ1v) is 6.43. The summed E-state index contributed by atoms with van der Waals surface area (Å²) >= 11 is 0. The molecule has 1 unspecified atom stereocenters. The average molecular weight is 235 g/mol. The third-order valence-corrected chi connectivity index (χ3v) is 3.13. The minimum Gasteiger partial charge on any atom is -0.489 e. The minimum absolute atomic E-state index is 0.0936. The maximum Gasteiger partial charge on any atom is 0.122 e. The third-order valence-electron chi connectivity index (χ3n) is 3.13. The maximum absolute atomic E-state index is 6.02. The molecular formula is C15H25NO. The van der Waals surface area contributed by atoms with Gasteiger partial charge in [-0.05, 0) is 36.0 Å². The van der Waals surface area contributed by atoms with E-state index >= 15 is 0 Å². The van der Waals surface area contributed by atoms with E-state index < -0.39 is 0 Å². The number of benzene rings is 1. The van der Waals surface area contributed by atoms with Gasteiger partial charge in [-0.1, -0.05) is 39.8 Å². The molecule has 0 heterocycles. The molecule has 1 aromatic rings. The SMILES string of the molecule is Cc1ccc(C(C)C)cc1OC(CN)C(C)C. The van der Waals surface area contributed by atoms with Crippen molar-refractivity contribution in [2.45, 2.75) is 46.6 Å². The molecule has 0 aliphatic rings. The molecule has 1 aromatic carbocycles. The fraction of sp³-hybridized carbons (Fsp3) is 0.600. The van der Waals surface area contributed by atoms with E-state index in [9.17, 15) is 0 Å². The van der Waals surface area contributed by atoms with E-state index in [0.29, 0.717) is 18.4 Å². The zero-order valence-corrected chi connectivity index (χ0v) is 11.7. The lowest BCUT2D eigenvalue weighted by Gasteiger charge is -2.23. The molecule has 2 N–H and O–H groups in total. The highest BCUT2D eigenvalue weighted by atomic mass is 16.5. The number of aryl methyl sites for hydroxylation is 1. The lowest BCUT2D eigenvalue weighted by Crippen LogP contribution is -2.32. The largest absolute Gasteiger partial charge is 0.489 e. The molecule has 1 atom stereocenters. The summed E-state index contributed by atoms with van der Waals surface area (Å²) in [7, 11) is 0. The average Bonchev–Trinajstić information content (AvgIpc) is 2.27. The summed E-state index contributed by atoms with van der Waals surface area (Å²) in [6.07, 6.45) is 0.0936. The van der Waals surface area contributed by atoms with Gasteiger partial charge in [-0.15, -0.1) is 0 Å². The molecule has 2 nitrogen and oxygen atoms in total. The third kappa shape index (κ3) is 3.74. The molecule has 0 amide bonds. The molecule has 0 saturated heterocycles. The predicted octanol–water partition coefficient (Wildman–Crippen LogP) is 3.48. The normalized spacial score (nSPS) is 13.2. The summed E-state index contributed by atoms with van der Waals surface area (Å²) < 4.78 is 6.02. The molecule has 2 heteroatoms. The molecule has 1 rings (SSSR count). The van der Waals surface area contributed by atoms with E-state index in [1.54, 1.807) is 0 Å². The maximum atomic E-state index is 6.02.